The minimum atomic E-state index is -3.78. The van der Waals surface area contributed by atoms with Gasteiger partial charge in [-0.2, -0.15) is 14.8 Å². The number of nitriles is 2. The topological polar surface area (TPSA) is 126 Å². The lowest BCUT2D eigenvalue weighted by molar-refractivity contribution is 0.384. The molecule has 1 saturated heterocycles. The van der Waals surface area contributed by atoms with E-state index in [0.717, 1.165) is 12.8 Å². The third-order valence-corrected chi connectivity index (χ3v) is 7.81. The van der Waals surface area contributed by atoms with Crippen LogP contribution in [0.3, 0.4) is 0 Å². The van der Waals surface area contributed by atoms with Crippen LogP contribution in [0.15, 0.2) is 47.4 Å². The van der Waals surface area contributed by atoms with Crippen LogP contribution in [0.1, 0.15) is 24.0 Å². The molecule has 0 atom stereocenters. The number of anilines is 2. The molecule has 2 fully saturated rings. The predicted octanol–water partition coefficient (Wildman–Crippen LogP) is 2.46. The number of piperazine rings is 1. The zero-order valence-electron chi connectivity index (χ0n) is 17.8. The first kappa shape index (κ1) is 21.1. The molecule has 2 aliphatic rings. The minimum Gasteiger partial charge on any atom is -0.364 e. The van der Waals surface area contributed by atoms with Crippen molar-refractivity contribution in [3.8, 4) is 12.1 Å². The molecule has 5 rings (SSSR count). The monoisotopic (exact) mass is 459 g/mol. The Balaban J connectivity index is 1.43. The Bertz CT molecular complexity index is 1410. The molecule has 166 valence electrons. The number of benzene rings is 2. The molecule has 0 unspecified atom stereocenters. The summed E-state index contributed by atoms with van der Waals surface area (Å²) in [7, 11) is -3.78. The second-order valence-corrected chi connectivity index (χ2v) is 10.0. The lowest BCUT2D eigenvalue weighted by Crippen LogP contribution is -2.49. The maximum absolute atomic E-state index is 13.2. The van der Waals surface area contributed by atoms with E-state index in [1.165, 1.54) is 16.4 Å². The minimum absolute atomic E-state index is 0.0339. The van der Waals surface area contributed by atoms with Crippen LogP contribution in [0.5, 0.6) is 0 Å². The van der Waals surface area contributed by atoms with Crippen molar-refractivity contribution in [2.24, 2.45) is 0 Å². The normalized spacial score (nSPS) is 16.8. The van der Waals surface area contributed by atoms with E-state index >= 15 is 0 Å². The maximum atomic E-state index is 13.2. The van der Waals surface area contributed by atoms with E-state index in [4.69, 9.17) is 9.97 Å². The Hall–Kier alpha value is -3.73. The highest BCUT2D eigenvalue weighted by molar-refractivity contribution is 7.89. The molecule has 1 N–H and O–H groups in total. The summed E-state index contributed by atoms with van der Waals surface area (Å²) in [5, 5.41) is 22.0. The fourth-order valence-corrected chi connectivity index (χ4v) is 5.48. The number of fused-ring (bicyclic) bond motifs is 1. The van der Waals surface area contributed by atoms with Crippen molar-refractivity contribution in [3.05, 3.63) is 53.6 Å². The summed E-state index contributed by atoms with van der Waals surface area (Å²) >= 11 is 0. The first-order chi connectivity index (χ1) is 16.0. The van der Waals surface area contributed by atoms with Gasteiger partial charge in [-0.3, -0.25) is 0 Å². The number of rotatable bonds is 5. The van der Waals surface area contributed by atoms with Gasteiger partial charge >= 0.3 is 0 Å². The second-order valence-electron chi connectivity index (χ2n) is 8.13. The van der Waals surface area contributed by atoms with Crippen LogP contribution >= 0.6 is 0 Å². The molecule has 3 aromatic rings. The van der Waals surface area contributed by atoms with Crippen molar-refractivity contribution < 1.29 is 8.42 Å². The average Bonchev–Trinajstić information content (AvgIpc) is 3.67. The molecule has 0 amide bonds. The third-order valence-electron chi connectivity index (χ3n) is 5.86. The van der Waals surface area contributed by atoms with E-state index in [1.807, 2.05) is 11.0 Å². The molecule has 9 nitrogen and oxygen atoms in total. The average molecular weight is 460 g/mol. The van der Waals surface area contributed by atoms with Crippen LogP contribution in [0.2, 0.25) is 0 Å². The summed E-state index contributed by atoms with van der Waals surface area (Å²) in [5.74, 6) is 1.35. The van der Waals surface area contributed by atoms with Gasteiger partial charge in [-0.05, 0) is 43.2 Å². The maximum Gasteiger partial charge on any atom is 0.244 e. The van der Waals surface area contributed by atoms with E-state index in [9.17, 15) is 18.9 Å². The van der Waals surface area contributed by atoms with Crippen LogP contribution in [0, 0.1) is 22.7 Å². The highest BCUT2D eigenvalue weighted by Crippen LogP contribution is 2.32. The van der Waals surface area contributed by atoms with Crippen molar-refractivity contribution >= 4 is 32.7 Å². The molecular formula is C23H21N7O2S. The summed E-state index contributed by atoms with van der Waals surface area (Å²) in [4.78, 5) is 11.6. The lowest BCUT2D eigenvalue weighted by Gasteiger charge is -2.35. The zero-order valence-corrected chi connectivity index (χ0v) is 18.6. The SMILES string of the molecule is N#Cc1ccc2nc(NC3CC3)c(N3CCN(S(=O)(=O)c4ccccc4C#N)CC3)nc2c1. The number of aromatic nitrogens is 2. The van der Waals surface area contributed by atoms with Gasteiger partial charge in [0, 0.05) is 32.2 Å². The van der Waals surface area contributed by atoms with Crippen LogP contribution in [-0.2, 0) is 10.0 Å². The summed E-state index contributed by atoms with van der Waals surface area (Å²) in [6, 6.07) is 16.0. The fourth-order valence-electron chi connectivity index (χ4n) is 3.92. The third kappa shape index (κ3) is 4.07. The van der Waals surface area contributed by atoms with Gasteiger partial charge in [0.05, 0.1) is 33.1 Å². The van der Waals surface area contributed by atoms with Crippen LogP contribution in [0.25, 0.3) is 11.0 Å². The number of hydrogen-bond donors (Lipinski definition) is 1. The largest absolute Gasteiger partial charge is 0.364 e. The Morgan fingerprint density at radius 2 is 1.70 bits per heavy atom. The van der Waals surface area contributed by atoms with E-state index < -0.39 is 10.0 Å². The van der Waals surface area contributed by atoms with Crippen molar-refractivity contribution in [2.45, 2.75) is 23.8 Å². The van der Waals surface area contributed by atoms with E-state index in [1.54, 1.807) is 30.3 Å². The Morgan fingerprint density at radius 1 is 0.939 bits per heavy atom. The molecule has 1 aliphatic heterocycles. The molecule has 10 heteroatoms. The summed E-state index contributed by atoms with van der Waals surface area (Å²) in [5.41, 5.74) is 1.99. The van der Waals surface area contributed by atoms with Crippen molar-refractivity contribution in [3.63, 3.8) is 0 Å². The van der Waals surface area contributed by atoms with E-state index in [0.29, 0.717) is 47.4 Å². The molecule has 0 radical (unpaired) electrons. The van der Waals surface area contributed by atoms with Gasteiger partial charge in [0.25, 0.3) is 0 Å². The van der Waals surface area contributed by atoms with Crippen LogP contribution in [0.4, 0.5) is 11.6 Å². The first-order valence-corrected chi connectivity index (χ1v) is 12.2. The highest BCUT2D eigenvalue weighted by Gasteiger charge is 2.32. The number of nitrogens with zero attached hydrogens (tertiary/aromatic N) is 6. The summed E-state index contributed by atoms with van der Waals surface area (Å²) in [6.45, 7) is 1.41. The van der Waals surface area contributed by atoms with Gasteiger partial charge in [0.15, 0.2) is 11.6 Å². The lowest BCUT2D eigenvalue weighted by atomic mass is 10.2. The number of sulfonamides is 1. The van der Waals surface area contributed by atoms with Crippen LogP contribution < -0.4 is 10.2 Å². The van der Waals surface area contributed by atoms with Crippen molar-refractivity contribution in [1.82, 2.24) is 14.3 Å². The Labute approximate surface area is 191 Å². The molecule has 33 heavy (non-hydrogen) atoms. The summed E-state index contributed by atoms with van der Waals surface area (Å²) < 4.78 is 27.7. The first-order valence-electron chi connectivity index (χ1n) is 10.7. The van der Waals surface area contributed by atoms with Gasteiger partial charge in [-0.15, -0.1) is 0 Å². The predicted molar refractivity (Wildman–Crippen MR) is 123 cm³/mol. The summed E-state index contributed by atoms with van der Waals surface area (Å²) in [6.07, 6.45) is 2.16. The number of hydrogen-bond acceptors (Lipinski definition) is 8. The highest BCUT2D eigenvalue weighted by atomic mass is 32.2. The molecule has 0 spiro atoms. The quantitative estimate of drug-likeness (QED) is 0.617. The van der Waals surface area contributed by atoms with Gasteiger partial charge in [-0.1, -0.05) is 12.1 Å². The molecule has 1 saturated carbocycles. The molecule has 1 aliphatic carbocycles. The van der Waals surface area contributed by atoms with Crippen molar-refractivity contribution in [1.29, 1.82) is 10.5 Å². The van der Waals surface area contributed by atoms with Crippen LogP contribution in [-0.4, -0.2) is 54.9 Å². The number of nitrogens with one attached hydrogen (secondary N) is 1. The molecule has 2 aromatic carbocycles. The zero-order chi connectivity index (χ0) is 23.0. The Kier molecular flexibility index (Phi) is 5.33. The smallest absolute Gasteiger partial charge is 0.244 e. The Morgan fingerprint density at radius 3 is 2.39 bits per heavy atom. The van der Waals surface area contributed by atoms with Gasteiger partial charge < -0.3 is 10.2 Å². The molecule has 0 bridgehead atoms. The van der Waals surface area contributed by atoms with Gasteiger partial charge in [0.1, 0.15) is 6.07 Å². The molecule has 2 heterocycles. The standard InChI is InChI=1S/C23H21N7O2S/c24-14-16-5-8-19-20(13-16)28-23(22(27-19)26-18-6-7-18)29-9-11-30(12-10-29)33(31,32)21-4-2-1-3-17(21)15-25/h1-5,8,13,18H,6-7,9-12H2,(H,26,27). The van der Waals surface area contributed by atoms with E-state index in [2.05, 4.69) is 11.4 Å². The molecular weight excluding hydrogens is 438 g/mol. The van der Waals surface area contributed by atoms with E-state index in [-0.39, 0.29) is 23.5 Å². The van der Waals surface area contributed by atoms with Gasteiger partial charge in [0.2, 0.25) is 10.0 Å². The second kappa shape index (κ2) is 8.32. The molecule has 1 aromatic heterocycles. The van der Waals surface area contributed by atoms with Gasteiger partial charge in [-0.25, -0.2) is 18.4 Å². The van der Waals surface area contributed by atoms with Crippen molar-refractivity contribution in [2.75, 3.05) is 36.4 Å². The fraction of sp³-hybridized carbons (Fsp3) is 0.304.